The van der Waals surface area contributed by atoms with Crippen molar-refractivity contribution in [2.24, 2.45) is 5.92 Å². The van der Waals surface area contributed by atoms with Crippen LogP contribution in [0, 0.1) is 18.7 Å². The summed E-state index contributed by atoms with van der Waals surface area (Å²) < 4.78 is 41.4. The predicted octanol–water partition coefficient (Wildman–Crippen LogP) is 5.69. The Balaban J connectivity index is 1.29. The summed E-state index contributed by atoms with van der Waals surface area (Å²) in [5.41, 5.74) is -1.30. The maximum atomic E-state index is 14.8. The zero-order valence-electron chi connectivity index (χ0n) is 21.1. The molecule has 2 heterocycles. The predicted molar refractivity (Wildman–Crippen MR) is 140 cm³/mol. The second-order valence-corrected chi connectivity index (χ2v) is 10.6. The fourth-order valence-electron chi connectivity index (χ4n) is 5.60. The summed E-state index contributed by atoms with van der Waals surface area (Å²) in [6.45, 7) is 2.20. The maximum Gasteiger partial charge on any atom is 0.281 e. The molecular formula is C29H27ClF3N3O3. The molecule has 2 N–H and O–H groups in total. The number of fused-ring (bicyclic) bond motifs is 1. The topological polar surface area (TPSA) is 82.5 Å². The Labute approximate surface area is 228 Å². The van der Waals surface area contributed by atoms with Crippen LogP contribution in [0.5, 0.6) is 0 Å². The number of pyridine rings is 1. The quantitative estimate of drug-likeness (QED) is 0.408. The van der Waals surface area contributed by atoms with E-state index in [0.717, 1.165) is 11.8 Å². The highest BCUT2D eigenvalue weighted by Gasteiger charge is 2.52. The molecule has 1 unspecified atom stereocenters. The lowest BCUT2D eigenvalue weighted by molar-refractivity contribution is -0.132. The zero-order chi connectivity index (χ0) is 27.9. The molecule has 0 saturated heterocycles. The van der Waals surface area contributed by atoms with Gasteiger partial charge in [0.15, 0.2) is 5.60 Å². The molecule has 1 aliphatic heterocycles. The number of aromatic nitrogens is 1. The number of aryl methyl sites for hydroxylation is 1. The van der Waals surface area contributed by atoms with Crippen molar-refractivity contribution in [3.05, 3.63) is 93.5 Å². The van der Waals surface area contributed by atoms with Crippen LogP contribution in [0.1, 0.15) is 64.9 Å². The van der Waals surface area contributed by atoms with E-state index < -0.39 is 35.4 Å². The van der Waals surface area contributed by atoms with E-state index in [1.54, 1.807) is 18.2 Å². The molecule has 1 aromatic heterocycles. The number of amides is 2. The number of carbonyl (C=O) groups is 2. The molecule has 10 heteroatoms. The number of benzene rings is 2. The number of halogens is 4. The van der Waals surface area contributed by atoms with E-state index in [0.29, 0.717) is 43.5 Å². The van der Waals surface area contributed by atoms with Gasteiger partial charge < -0.3 is 15.3 Å². The molecule has 0 spiro atoms. The van der Waals surface area contributed by atoms with Gasteiger partial charge in [0, 0.05) is 29.9 Å². The van der Waals surface area contributed by atoms with Gasteiger partial charge >= 0.3 is 0 Å². The smallest absolute Gasteiger partial charge is 0.281 e. The second kappa shape index (κ2) is 10.6. The summed E-state index contributed by atoms with van der Waals surface area (Å²) >= 11 is 5.88. The van der Waals surface area contributed by atoms with Crippen LogP contribution >= 0.6 is 11.6 Å². The Kier molecular flexibility index (Phi) is 7.39. The Morgan fingerprint density at radius 1 is 1.15 bits per heavy atom. The third-order valence-electron chi connectivity index (χ3n) is 7.61. The first-order valence-electron chi connectivity index (χ1n) is 12.7. The van der Waals surface area contributed by atoms with Gasteiger partial charge in [0.2, 0.25) is 0 Å². The molecule has 6 nitrogen and oxygen atoms in total. The van der Waals surface area contributed by atoms with Crippen molar-refractivity contribution < 1.29 is 27.9 Å². The molecule has 204 valence electrons. The van der Waals surface area contributed by atoms with Crippen molar-refractivity contribution in [3.8, 4) is 0 Å². The number of rotatable bonds is 6. The number of nitrogens with zero attached hydrogens (tertiary/aromatic N) is 2. The van der Waals surface area contributed by atoms with Crippen LogP contribution in [-0.4, -0.2) is 34.5 Å². The fraction of sp³-hybridized carbons (Fsp3) is 0.345. The zero-order valence-corrected chi connectivity index (χ0v) is 21.9. The molecular weight excluding hydrogens is 531 g/mol. The van der Waals surface area contributed by atoms with Crippen LogP contribution in [-0.2, 0) is 10.4 Å². The van der Waals surface area contributed by atoms with Gasteiger partial charge in [-0.15, -0.1) is 0 Å². The number of anilines is 1. The summed E-state index contributed by atoms with van der Waals surface area (Å²) in [6.07, 6.45) is 0.639. The van der Waals surface area contributed by atoms with Gasteiger partial charge in [0.05, 0.1) is 16.3 Å². The van der Waals surface area contributed by atoms with Gasteiger partial charge in [-0.3, -0.25) is 14.6 Å². The third kappa shape index (κ3) is 5.01. The average molecular weight is 558 g/mol. The van der Waals surface area contributed by atoms with Crippen molar-refractivity contribution in [2.75, 3.05) is 11.4 Å². The van der Waals surface area contributed by atoms with Gasteiger partial charge in [-0.2, -0.15) is 0 Å². The number of hydrogen-bond acceptors (Lipinski definition) is 4. The van der Waals surface area contributed by atoms with E-state index in [-0.39, 0.29) is 28.1 Å². The van der Waals surface area contributed by atoms with Crippen LogP contribution in [0.2, 0.25) is 5.02 Å². The summed E-state index contributed by atoms with van der Waals surface area (Å²) in [5.74, 6) is -1.86. The summed E-state index contributed by atoms with van der Waals surface area (Å²) in [7, 11) is 0. The first kappa shape index (κ1) is 27.1. The molecule has 1 saturated carbocycles. The molecule has 3 aromatic rings. The third-order valence-corrected chi connectivity index (χ3v) is 7.82. The Morgan fingerprint density at radius 3 is 2.56 bits per heavy atom. The van der Waals surface area contributed by atoms with Crippen LogP contribution in [0.15, 0.2) is 54.7 Å². The fourth-order valence-corrected chi connectivity index (χ4v) is 5.76. The van der Waals surface area contributed by atoms with E-state index >= 15 is 0 Å². The SMILES string of the molecule is Cc1ccc2c(c1)N(CC1CCC(NC(=O)c3cc(Cl)cnc3C(F)F)CC1)C(=O)C2(O)c1ccccc1F. The number of nitrogens with one attached hydrogen (secondary N) is 1. The molecule has 1 atom stereocenters. The lowest BCUT2D eigenvalue weighted by Crippen LogP contribution is -2.45. The Hall–Kier alpha value is -3.43. The molecule has 2 aromatic carbocycles. The highest BCUT2D eigenvalue weighted by Crippen LogP contribution is 2.46. The minimum Gasteiger partial charge on any atom is -0.372 e. The first-order valence-corrected chi connectivity index (χ1v) is 13.1. The number of carbonyl (C=O) groups excluding carboxylic acids is 2. The van der Waals surface area contributed by atoms with Crippen molar-refractivity contribution in [2.45, 2.75) is 50.7 Å². The summed E-state index contributed by atoms with van der Waals surface area (Å²) in [4.78, 5) is 31.6. The van der Waals surface area contributed by atoms with Crippen molar-refractivity contribution in [1.82, 2.24) is 10.3 Å². The highest BCUT2D eigenvalue weighted by molar-refractivity contribution is 6.30. The maximum absolute atomic E-state index is 14.8. The van der Waals surface area contributed by atoms with Crippen LogP contribution in [0.3, 0.4) is 0 Å². The van der Waals surface area contributed by atoms with E-state index in [1.165, 1.54) is 29.2 Å². The van der Waals surface area contributed by atoms with Gasteiger partial charge in [-0.05, 0) is 62.3 Å². The van der Waals surface area contributed by atoms with Gasteiger partial charge in [-0.1, -0.05) is 41.9 Å². The number of alkyl halides is 2. The monoisotopic (exact) mass is 557 g/mol. The summed E-state index contributed by atoms with van der Waals surface area (Å²) in [6, 6.07) is 11.9. The molecule has 1 fully saturated rings. The lowest BCUT2D eigenvalue weighted by Gasteiger charge is -2.32. The highest BCUT2D eigenvalue weighted by atomic mass is 35.5. The minimum absolute atomic E-state index is 0.0582. The van der Waals surface area contributed by atoms with Crippen LogP contribution in [0.25, 0.3) is 0 Å². The Bertz CT molecular complexity index is 1430. The number of aliphatic hydroxyl groups is 1. The molecule has 2 aliphatic rings. The van der Waals surface area contributed by atoms with E-state index in [2.05, 4.69) is 10.3 Å². The Morgan fingerprint density at radius 2 is 1.87 bits per heavy atom. The number of hydrogen-bond donors (Lipinski definition) is 2. The standard InChI is InChI=1S/C29H27ClF3N3O3/c1-16-6-11-22-24(12-16)36(28(38)29(22,39)21-4-2-3-5-23(21)31)15-17-7-9-19(10-8-17)35-27(37)20-13-18(30)14-34-25(20)26(32)33/h2-6,11-14,17,19,26,39H,7-10,15H2,1H3,(H,35,37). The average Bonchev–Trinajstić information content (AvgIpc) is 3.11. The van der Waals surface area contributed by atoms with Gasteiger partial charge in [-0.25, -0.2) is 13.2 Å². The minimum atomic E-state index is -2.91. The van der Waals surface area contributed by atoms with E-state index in [9.17, 15) is 27.9 Å². The lowest BCUT2D eigenvalue weighted by atomic mass is 9.85. The molecule has 1 aliphatic carbocycles. The van der Waals surface area contributed by atoms with Crippen LogP contribution in [0.4, 0.5) is 18.9 Å². The van der Waals surface area contributed by atoms with E-state index in [1.807, 2.05) is 13.0 Å². The van der Waals surface area contributed by atoms with Gasteiger partial charge in [0.25, 0.3) is 18.2 Å². The van der Waals surface area contributed by atoms with Crippen molar-refractivity contribution in [3.63, 3.8) is 0 Å². The van der Waals surface area contributed by atoms with Crippen LogP contribution < -0.4 is 10.2 Å². The molecule has 0 bridgehead atoms. The largest absolute Gasteiger partial charge is 0.372 e. The molecule has 0 radical (unpaired) electrons. The van der Waals surface area contributed by atoms with E-state index in [4.69, 9.17) is 11.6 Å². The summed E-state index contributed by atoms with van der Waals surface area (Å²) in [5, 5.41) is 14.5. The molecule has 5 rings (SSSR count). The normalized spacial score (nSPS) is 22.7. The molecule has 2 amide bonds. The van der Waals surface area contributed by atoms with Crippen molar-refractivity contribution >= 4 is 29.1 Å². The van der Waals surface area contributed by atoms with Crippen molar-refractivity contribution in [1.29, 1.82) is 0 Å². The second-order valence-electron chi connectivity index (χ2n) is 10.2. The molecule has 39 heavy (non-hydrogen) atoms. The van der Waals surface area contributed by atoms with Gasteiger partial charge in [0.1, 0.15) is 11.5 Å². The first-order chi connectivity index (χ1) is 18.6.